The van der Waals surface area contributed by atoms with Gasteiger partial charge < -0.3 is 0 Å². The van der Waals surface area contributed by atoms with Gasteiger partial charge in [-0.05, 0) is 5.56 Å². The number of hydrogen-bond acceptors (Lipinski definition) is 2. The van der Waals surface area contributed by atoms with Crippen LogP contribution in [0.5, 0.6) is 0 Å². The molecule has 0 bridgehead atoms. The second-order valence-corrected chi connectivity index (χ2v) is 2.86. The lowest BCUT2D eigenvalue weighted by Crippen LogP contribution is -2.27. The Morgan fingerprint density at radius 1 is 1.21 bits per heavy atom. The van der Waals surface area contributed by atoms with Crippen molar-refractivity contribution in [3.05, 3.63) is 35.9 Å². The maximum absolute atomic E-state index is 10.9. The van der Waals surface area contributed by atoms with Crippen molar-refractivity contribution < 1.29 is 4.79 Å². The smallest absolute Gasteiger partial charge is 0.236 e. The summed E-state index contributed by atoms with van der Waals surface area (Å²) in [6.45, 7) is 4.00. The first-order chi connectivity index (χ1) is 6.86. The summed E-state index contributed by atoms with van der Waals surface area (Å²) < 4.78 is 0. The molecule has 0 aromatic heterocycles. The van der Waals surface area contributed by atoms with Gasteiger partial charge in [0.2, 0.25) is 5.91 Å². The van der Waals surface area contributed by atoms with Crippen LogP contribution in [0.1, 0.15) is 31.9 Å². The summed E-state index contributed by atoms with van der Waals surface area (Å²) in [5, 5.41) is 0. The van der Waals surface area contributed by atoms with E-state index >= 15 is 0 Å². The molecule has 0 saturated carbocycles. The van der Waals surface area contributed by atoms with E-state index in [9.17, 15) is 4.79 Å². The molecule has 2 rings (SSSR count). The van der Waals surface area contributed by atoms with E-state index in [1.54, 1.807) is 0 Å². The zero-order valence-electron chi connectivity index (χ0n) is 8.58. The van der Waals surface area contributed by atoms with Crippen LogP contribution in [-0.4, -0.2) is 5.91 Å². The molecule has 0 radical (unpaired) electrons. The van der Waals surface area contributed by atoms with Crippen LogP contribution in [0.4, 0.5) is 0 Å². The van der Waals surface area contributed by atoms with Crippen molar-refractivity contribution in [3.8, 4) is 0 Å². The number of rotatable bonds is 1. The number of benzene rings is 1. The maximum Gasteiger partial charge on any atom is 0.236 e. The van der Waals surface area contributed by atoms with E-state index in [-0.39, 0.29) is 11.9 Å². The third-order valence-electron chi connectivity index (χ3n) is 1.98. The van der Waals surface area contributed by atoms with Crippen molar-refractivity contribution in [2.24, 2.45) is 0 Å². The summed E-state index contributed by atoms with van der Waals surface area (Å²) in [6.07, 6.45) is 0.532. The van der Waals surface area contributed by atoms with Gasteiger partial charge in [0.15, 0.2) is 0 Å². The Labute approximate surface area is 84.5 Å². The van der Waals surface area contributed by atoms with Crippen LogP contribution in [0.3, 0.4) is 0 Å². The van der Waals surface area contributed by atoms with E-state index in [1.165, 1.54) is 0 Å². The molecule has 1 aromatic rings. The monoisotopic (exact) mass is 192 g/mol. The van der Waals surface area contributed by atoms with E-state index in [4.69, 9.17) is 0 Å². The largest absolute Gasteiger partial charge is 0.291 e. The molecule has 14 heavy (non-hydrogen) atoms. The molecule has 1 heterocycles. The lowest BCUT2D eigenvalue weighted by Gasteiger charge is -2.06. The van der Waals surface area contributed by atoms with Gasteiger partial charge in [0.1, 0.15) is 0 Å². The van der Waals surface area contributed by atoms with Crippen LogP contribution in [0.15, 0.2) is 30.3 Å². The molecule has 1 aliphatic heterocycles. The predicted molar refractivity (Wildman–Crippen MR) is 56.4 cm³/mol. The Morgan fingerprint density at radius 3 is 2.36 bits per heavy atom. The minimum absolute atomic E-state index is 0.0591. The van der Waals surface area contributed by atoms with Gasteiger partial charge in [-0.1, -0.05) is 44.2 Å². The standard InChI is InChI=1S/C9H10N2O.C2H6/c12-9-6-8(10-11-9)7-4-2-1-3-5-7;1-2/h1-5,8,10H,6H2,(H,11,12);1-2H3. The number of hydrogen-bond donors (Lipinski definition) is 2. The lowest BCUT2D eigenvalue weighted by atomic mass is 10.1. The van der Waals surface area contributed by atoms with Gasteiger partial charge in [-0.3, -0.25) is 10.2 Å². The van der Waals surface area contributed by atoms with E-state index in [0.29, 0.717) is 6.42 Å². The second-order valence-electron chi connectivity index (χ2n) is 2.86. The molecule has 1 fully saturated rings. The fraction of sp³-hybridized carbons (Fsp3) is 0.364. The van der Waals surface area contributed by atoms with Crippen LogP contribution in [-0.2, 0) is 4.79 Å². The Balaban J connectivity index is 0.000000461. The molecule has 3 heteroatoms. The van der Waals surface area contributed by atoms with Gasteiger partial charge in [-0.2, -0.15) is 0 Å². The molecule has 1 saturated heterocycles. The molecular formula is C11H16N2O. The average molecular weight is 192 g/mol. The van der Waals surface area contributed by atoms with Crippen molar-refractivity contribution in [1.29, 1.82) is 0 Å². The predicted octanol–water partition coefficient (Wildman–Crippen LogP) is 1.78. The zero-order valence-corrected chi connectivity index (χ0v) is 8.58. The molecule has 1 atom stereocenters. The number of amides is 1. The Kier molecular flexibility index (Phi) is 4.13. The summed E-state index contributed by atoms with van der Waals surface area (Å²) >= 11 is 0. The van der Waals surface area contributed by atoms with Gasteiger partial charge >= 0.3 is 0 Å². The number of nitrogens with one attached hydrogen (secondary N) is 2. The van der Waals surface area contributed by atoms with Gasteiger partial charge in [0.25, 0.3) is 0 Å². The molecule has 1 unspecified atom stereocenters. The minimum Gasteiger partial charge on any atom is -0.291 e. The maximum atomic E-state index is 10.9. The van der Waals surface area contributed by atoms with Crippen LogP contribution in [0.25, 0.3) is 0 Å². The zero-order chi connectivity index (χ0) is 10.4. The fourth-order valence-electron chi connectivity index (χ4n) is 1.34. The summed E-state index contributed by atoms with van der Waals surface area (Å²) in [7, 11) is 0. The highest BCUT2D eigenvalue weighted by atomic mass is 16.2. The Morgan fingerprint density at radius 2 is 1.86 bits per heavy atom. The van der Waals surface area contributed by atoms with Crippen molar-refractivity contribution in [1.82, 2.24) is 10.9 Å². The number of carbonyl (C=O) groups is 1. The highest BCUT2D eigenvalue weighted by Crippen LogP contribution is 2.18. The van der Waals surface area contributed by atoms with Crippen molar-refractivity contribution in [2.75, 3.05) is 0 Å². The van der Waals surface area contributed by atoms with Crippen molar-refractivity contribution in [2.45, 2.75) is 26.3 Å². The summed E-state index contributed by atoms with van der Waals surface area (Å²) in [5.74, 6) is 0.0591. The van der Waals surface area contributed by atoms with Crippen LogP contribution in [0.2, 0.25) is 0 Å². The average Bonchev–Trinajstić information content (AvgIpc) is 2.69. The van der Waals surface area contributed by atoms with Crippen LogP contribution >= 0.6 is 0 Å². The third kappa shape index (κ3) is 2.57. The molecular weight excluding hydrogens is 176 g/mol. The van der Waals surface area contributed by atoms with Gasteiger partial charge in [-0.25, -0.2) is 5.43 Å². The molecule has 76 valence electrons. The van der Waals surface area contributed by atoms with Gasteiger partial charge in [0, 0.05) is 6.42 Å². The molecule has 0 aliphatic carbocycles. The summed E-state index contributed by atoms with van der Waals surface area (Å²) in [5.41, 5.74) is 6.65. The third-order valence-corrected chi connectivity index (χ3v) is 1.98. The minimum atomic E-state index is 0.0591. The lowest BCUT2D eigenvalue weighted by molar-refractivity contribution is -0.119. The van der Waals surface area contributed by atoms with Gasteiger partial charge in [-0.15, -0.1) is 0 Å². The molecule has 1 aliphatic rings. The van der Waals surface area contributed by atoms with Crippen molar-refractivity contribution >= 4 is 5.91 Å². The molecule has 3 nitrogen and oxygen atoms in total. The molecule has 1 aromatic carbocycles. The molecule has 2 N–H and O–H groups in total. The topological polar surface area (TPSA) is 41.1 Å². The Bertz CT molecular complexity index is 285. The van der Waals surface area contributed by atoms with E-state index in [0.717, 1.165) is 5.56 Å². The first-order valence-corrected chi connectivity index (χ1v) is 4.95. The summed E-state index contributed by atoms with van der Waals surface area (Å²) in [6, 6.07) is 10.1. The Hall–Kier alpha value is -1.35. The normalized spacial score (nSPS) is 19.6. The molecule has 1 amide bonds. The first kappa shape index (κ1) is 10.7. The molecule has 0 spiro atoms. The number of hydrazine groups is 1. The van der Waals surface area contributed by atoms with Crippen LogP contribution in [0, 0.1) is 0 Å². The van der Waals surface area contributed by atoms with Gasteiger partial charge in [0.05, 0.1) is 6.04 Å². The van der Waals surface area contributed by atoms with Crippen molar-refractivity contribution in [3.63, 3.8) is 0 Å². The summed E-state index contributed by atoms with van der Waals surface area (Å²) in [4.78, 5) is 10.9. The first-order valence-electron chi connectivity index (χ1n) is 4.95. The SMILES string of the molecule is CC.O=C1CC(c2ccccc2)NN1. The second kappa shape index (κ2) is 5.40. The number of carbonyl (C=O) groups excluding carboxylic acids is 1. The van der Waals surface area contributed by atoms with E-state index in [1.807, 2.05) is 44.2 Å². The van der Waals surface area contributed by atoms with Crippen LogP contribution < -0.4 is 10.9 Å². The van der Waals surface area contributed by atoms with E-state index in [2.05, 4.69) is 10.9 Å². The highest BCUT2D eigenvalue weighted by Gasteiger charge is 2.21. The highest BCUT2D eigenvalue weighted by molar-refractivity contribution is 5.78. The quantitative estimate of drug-likeness (QED) is 0.712. The fourth-order valence-corrected chi connectivity index (χ4v) is 1.34. The van der Waals surface area contributed by atoms with E-state index < -0.39 is 0 Å².